The van der Waals surface area contributed by atoms with E-state index in [4.69, 9.17) is 5.73 Å². The summed E-state index contributed by atoms with van der Waals surface area (Å²) >= 11 is 0. The lowest BCUT2D eigenvalue weighted by molar-refractivity contribution is -0.159. The number of rotatable bonds is 4. The van der Waals surface area contributed by atoms with E-state index < -0.39 is 36.1 Å². The highest BCUT2D eigenvalue weighted by atomic mass is 19.4. The number of hydrogen-bond acceptors (Lipinski definition) is 4. The second-order valence-corrected chi connectivity index (χ2v) is 4.19. The molecule has 1 aromatic carbocycles. The quantitative estimate of drug-likeness (QED) is 0.876. The number of alkyl halides is 3. The van der Waals surface area contributed by atoms with Gasteiger partial charge in [-0.15, -0.1) is 0 Å². The van der Waals surface area contributed by atoms with Crippen molar-refractivity contribution >= 4 is 5.91 Å². The second kappa shape index (κ2) is 5.51. The minimum absolute atomic E-state index is 0.0386. The van der Waals surface area contributed by atoms with Gasteiger partial charge >= 0.3 is 12.1 Å². The van der Waals surface area contributed by atoms with E-state index in [0.29, 0.717) is 0 Å². The molecule has 1 atom stereocenters. The van der Waals surface area contributed by atoms with E-state index >= 15 is 0 Å². The van der Waals surface area contributed by atoms with E-state index in [1.54, 1.807) is 0 Å². The van der Waals surface area contributed by atoms with Crippen LogP contribution in [0.1, 0.15) is 23.2 Å². The number of carbonyl (C=O) groups excluding carboxylic acids is 1. The molecule has 1 amide bonds. The Morgan fingerprint density at radius 3 is 2.52 bits per heavy atom. The summed E-state index contributed by atoms with van der Waals surface area (Å²) in [5.41, 5.74) is 5.13. The molecule has 2 aromatic rings. The van der Waals surface area contributed by atoms with Crippen molar-refractivity contribution < 1.29 is 26.9 Å². The molecule has 0 radical (unpaired) electrons. The highest BCUT2D eigenvalue weighted by molar-refractivity contribution is 5.82. The van der Waals surface area contributed by atoms with Crippen molar-refractivity contribution in [2.24, 2.45) is 5.73 Å². The fraction of sp³-hybridized carbons (Fsp3) is 0.250. The Balaban J connectivity index is 2.28. The fourth-order valence-electron chi connectivity index (χ4n) is 1.76. The Morgan fingerprint density at radius 2 is 2.00 bits per heavy atom. The van der Waals surface area contributed by atoms with Gasteiger partial charge in [0, 0.05) is 12.0 Å². The zero-order chi connectivity index (χ0) is 15.6. The number of benzene rings is 1. The van der Waals surface area contributed by atoms with Gasteiger partial charge in [-0.05, 0) is 6.07 Å². The molecule has 1 unspecified atom stereocenters. The number of carbonyl (C=O) groups is 1. The van der Waals surface area contributed by atoms with E-state index in [-0.39, 0.29) is 11.4 Å². The molecule has 2 N–H and O–H groups in total. The van der Waals surface area contributed by atoms with Gasteiger partial charge in [-0.3, -0.25) is 4.79 Å². The van der Waals surface area contributed by atoms with Gasteiger partial charge in [-0.1, -0.05) is 23.4 Å². The first kappa shape index (κ1) is 14.9. The van der Waals surface area contributed by atoms with Gasteiger partial charge in [0.15, 0.2) is 5.82 Å². The fourth-order valence-corrected chi connectivity index (χ4v) is 1.76. The summed E-state index contributed by atoms with van der Waals surface area (Å²) in [5.74, 6) is -4.70. The monoisotopic (exact) mass is 303 g/mol. The molecule has 0 saturated carbocycles. The maximum atomic E-state index is 13.6. The Bertz CT molecular complexity index is 654. The maximum Gasteiger partial charge on any atom is 0.471 e. The smallest absolute Gasteiger partial charge is 0.369 e. The molecule has 9 heteroatoms. The first-order valence-corrected chi connectivity index (χ1v) is 5.72. The first-order valence-electron chi connectivity index (χ1n) is 5.72. The summed E-state index contributed by atoms with van der Waals surface area (Å²) in [6.07, 6.45) is -5.18. The normalized spacial score (nSPS) is 13.1. The largest absolute Gasteiger partial charge is 0.471 e. The Kier molecular flexibility index (Phi) is 3.92. The SMILES string of the molecule is NC(=O)C(Cc1noc(C(F)(F)F)n1)c1ccccc1F. The molecular formula is C12H9F4N3O2. The van der Waals surface area contributed by atoms with Crippen LogP contribution < -0.4 is 5.73 Å². The summed E-state index contributed by atoms with van der Waals surface area (Å²) in [7, 11) is 0. The number of nitrogens with zero attached hydrogens (tertiary/aromatic N) is 2. The number of aromatic nitrogens is 2. The molecule has 21 heavy (non-hydrogen) atoms. The van der Waals surface area contributed by atoms with E-state index in [1.165, 1.54) is 18.2 Å². The average molecular weight is 303 g/mol. The third kappa shape index (κ3) is 3.36. The second-order valence-electron chi connectivity index (χ2n) is 4.19. The molecule has 0 saturated heterocycles. The van der Waals surface area contributed by atoms with Crippen molar-refractivity contribution in [3.8, 4) is 0 Å². The first-order chi connectivity index (χ1) is 9.79. The minimum Gasteiger partial charge on any atom is -0.369 e. The van der Waals surface area contributed by atoms with E-state index in [1.807, 2.05) is 0 Å². The Labute approximate surface area is 115 Å². The third-order valence-electron chi connectivity index (χ3n) is 2.72. The lowest BCUT2D eigenvalue weighted by Gasteiger charge is -2.12. The number of amides is 1. The van der Waals surface area contributed by atoms with Crippen molar-refractivity contribution in [1.82, 2.24) is 10.1 Å². The van der Waals surface area contributed by atoms with Crippen LogP contribution in [0.15, 0.2) is 28.8 Å². The molecule has 0 fully saturated rings. The minimum atomic E-state index is -4.79. The van der Waals surface area contributed by atoms with Crippen LogP contribution in [-0.2, 0) is 17.4 Å². The molecule has 0 spiro atoms. The zero-order valence-corrected chi connectivity index (χ0v) is 10.4. The molecule has 1 aromatic heterocycles. The standard InChI is InChI=1S/C12H9F4N3O2/c13-8-4-2-1-3-6(8)7(10(17)20)5-9-18-11(21-19-9)12(14,15)16/h1-4,7H,5H2,(H2,17,20). The van der Waals surface area contributed by atoms with Crippen LogP contribution in [0.5, 0.6) is 0 Å². The molecule has 5 nitrogen and oxygen atoms in total. The van der Waals surface area contributed by atoms with Crippen LogP contribution in [-0.4, -0.2) is 16.0 Å². The maximum absolute atomic E-state index is 13.6. The van der Waals surface area contributed by atoms with Gasteiger partial charge < -0.3 is 10.3 Å². The van der Waals surface area contributed by atoms with Crippen LogP contribution in [0.3, 0.4) is 0 Å². The lowest BCUT2D eigenvalue weighted by atomic mass is 9.94. The van der Waals surface area contributed by atoms with Crippen LogP contribution >= 0.6 is 0 Å². The van der Waals surface area contributed by atoms with Crippen LogP contribution in [0, 0.1) is 5.82 Å². The summed E-state index contributed by atoms with van der Waals surface area (Å²) in [6.45, 7) is 0. The Hall–Kier alpha value is -2.45. The third-order valence-corrected chi connectivity index (χ3v) is 2.72. The van der Waals surface area contributed by atoms with E-state index in [2.05, 4.69) is 14.7 Å². The molecule has 0 aliphatic heterocycles. The van der Waals surface area contributed by atoms with Gasteiger partial charge in [-0.25, -0.2) is 4.39 Å². The number of nitrogens with two attached hydrogens (primary N) is 1. The highest BCUT2D eigenvalue weighted by Crippen LogP contribution is 2.28. The summed E-state index contributed by atoms with van der Waals surface area (Å²) in [4.78, 5) is 14.5. The van der Waals surface area contributed by atoms with E-state index in [0.717, 1.165) is 6.07 Å². The predicted molar refractivity (Wildman–Crippen MR) is 61.3 cm³/mol. The Morgan fingerprint density at radius 1 is 1.33 bits per heavy atom. The van der Waals surface area contributed by atoms with Gasteiger partial charge in [-0.2, -0.15) is 18.2 Å². The van der Waals surface area contributed by atoms with Crippen LogP contribution in [0.4, 0.5) is 17.6 Å². The van der Waals surface area contributed by atoms with Crippen molar-refractivity contribution in [3.63, 3.8) is 0 Å². The summed E-state index contributed by atoms with van der Waals surface area (Å²) in [5, 5.41) is 3.12. The van der Waals surface area contributed by atoms with E-state index in [9.17, 15) is 22.4 Å². The molecule has 0 aliphatic rings. The van der Waals surface area contributed by atoms with Gasteiger partial charge in [0.1, 0.15) is 5.82 Å². The van der Waals surface area contributed by atoms with Gasteiger partial charge in [0.25, 0.3) is 0 Å². The van der Waals surface area contributed by atoms with Gasteiger partial charge in [0.2, 0.25) is 5.91 Å². The number of primary amides is 1. The lowest BCUT2D eigenvalue weighted by Crippen LogP contribution is -2.24. The van der Waals surface area contributed by atoms with Crippen molar-refractivity contribution in [2.75, 3.05) is 0 Å². The average Bonchev–Trinajstić information content (AvgIpc) is 2.85. The molecule has 112 valence electrons. The molecule has 0 bridgehead atoms. The van der Waals surface area contributed by atoms with Crippen molar-refractivity contribution in [2.45, 2.75) is 18.5 Å². The van der Waals surface area contributed by atoms with Crippen molar-refractivity contribution in [3.05, 3.63) is 47.4 Å². The summed E-state index contributed by atoms with van der Waals surface area (Å²) in [6, 6.07) is 5.32. The topological polar surface area (TPSA) is 82.0 Å². The van der Waals surface area contributed by atoms with Crippen LogP contribution in [0.2, 0.25) is 0 Å². The van der Waals surface area contributed by atoms with Gasteiger partial charge in [0.05, 0.1) is 5.92 Å². The zero-order valence-electron chi connectivity index (χ0n) is 10.4. The molecule has 1 heterocycles. The summed E-state index contributed by atoms with van der Waals surface area (Å²) < 4.78 is 54.7. The van der Waals surface area contributed by atoms with Crippen LogP contribution in [0.25, 0.3) is 0 Å². The highest BCUT2D eigenvalue weighted by Gasteiger charge is 2.38. The number of halogens is 4. The molecule has 2 rings (SSSR count). The predicted octanol–water partition coefficient (Wildman–Crippen LogP) is 2.04. The molecular weight excluding hydrogens is 294 g/mol. The molecule has 0 aliphatic carbocycles. The number of hydrogen-bond donors (Lipinski definition) is 1. The van der Waals surface area contributed by atoms with Crippen molar-refractivity contribution in [1.29, 1.82) is 0 Å².